The molecule has 0 saturated carbocycles. The van der Waals surface area contributed by atoms with E-state index in [9.17, 15) is 0 Å². The Hall–Kier alpha value is -7.70. The van der Waals surface area contributed by atoms with Crippen molar-refractivity contribution in [2.45, 2.75) is 39.5 Å². The first kappa shape index (κ1) is 37.3. The van der Waals surface area contributed by atoms with Crippen LogP contribution in [0.3, 0.4) is 0 Å². The second-order valence-electron chi connectivity index (χ2n) is 17.2. The zero-order chi connectivity index (χ0) is 42.2. The van der Waals surface area contributed by atoms with Crippen molar-refractivity contribution in [1.29, 1.82) is 0 Å². The molecule has 0 spiro atoms. The van der Waals surface area contributed by atoms with Gasteiger partial charge in [-0.2, -0.15) is 0 Å². The van der Waals surface area contributed by atoms with Crippen molar-refractivity contribution in [2.24, 2.45) is 0 Å². The Morgan fingerprint density at radius 2 is 0.629 bits per heavy atom. The fourth-order valence-corrected chi connectivity index (χ4v) is 8.94. The summed E-state index contributed by atoms with van der Waals surface area (Å²) in [5.74, 6) is 0.907. The number of hydrogen-bond donors (Lipinski definition) is 2. The highest BCUT2D eigenvalue weighted by molar-refractivity contribution is 6.18. The van der Waals surface area contributed by atoms with Crippen LogP contribution < -0.4 is 21.3 Å². The van der Waals surface area contributed by atoms with Crippen molar-refractivity contribution in [2.75, 3.05) is 21.3 Å². The minimum absolute atomic E-state index is 0.453. The summed E-state index contributed by atoms with van der Waals surface area (Å²) in [7, 11) is 0. The molecule has 9 aromatic carbocycles. The van der Waals surface area contributed by atoms with E-state index in [4.69, 9.17) is 20.3 Å². The van der Waals surface area contributed by atoms with Crippen molar-refractivity contribution >= 4 is 111 Å². The standard InChI is InChI=1S/C56H46N4O2/c1-33(2)35-5-15-43(16-6-35)59(45-21-11-41(57)12-22-45)47-19-9-37-27-49-51-31-56-52(32-55(51)61-53(49)29-39(37)25-47)50-28-38-10-20-48(26-40(38)30-54(50)62-56)60(46-23-13-42(58)14-24-46)44-17-7-36(8-18-44)34(3)4/h5-34H,57-58H2,1-4H3. The number of nitrogens with zero attached hydrogens (tertiary/aromatic N) is 2. The Morgan fingerprint density at radius 3 is 0.984 bits per heavy atom. The SMILES string of the molecule is CC(C)c1ccc(N(c2ccc(N)cc2)c2ccc3cc4c(cc3c2)oc2cc3c(cc24)oc2cc4cc(N(c5ccc(N)cc5)c5ccc(C(C)C)cc5)ccc4cc23)cc1. The molecule has 62 heavy (non-hydrogen) atoms. The molecule has 0 fully saturated rings. The lowest BCUT2D eigenvalue weighted by molar-refractivity contribution is 0.664. The molecule has 6 nitrogen and oxygen atoms in total. The predicted octanol–water partition coefficient (Wildman–Crippen LogP) is 16.1. The monoisotopic (exact) mass is 806 g/mol. The maximum atomic E-state index is 6.66. The topological polar surface area (TPSA) is 84.8 Å². The van der Waals surface area contributed by atoms with Crippen molar-refractivity contribution < 1.29 is 8.83 Å². The van der Waals surface area contributed by atoms with Gasteiger partial charge in [0.05, 0.1) is 0 Å². The van der Waals surface area contributed by atoms with Crippen LogP contribution >= 0.6 is 0 Å². The van der Waals surface area contributed by atoms with E-state index in [0.717, 1.165) is 111 Å². The maximum Gasteiger partial charge on any atom is 0.136 e. The van der Waals surface area contributed by atoms with Gasteiger partial charge < -0.3 is 30.1 Å². The van der Waals surface area contributed by atoms with Crippen molar-refractivity contribution in [3.05, 3.63) is 181 Å². The van der Waals surface area contributed by atoms with Gasteiger partial charge in [-0.1, -0.05) is 64.1 Å². The number of rotatable bonds is 8. The number of benzene rings is 9. The molecule has 0 aliphatic rings. The summed E-state index contributed by atoms with van der Waals surface area (Å²) in [6.45, 7) is 8.88. The summed E-state index contributed by atoms with van der Waals surface area (Å²) in [6.07, 6.45) is 0. The molecule has 0 aliphatic carbocycles. The second-order valence-corrected chi connectivity index (χ2v) is 17.2. The van der Waals surface area contributed by atoms with Crippen LogP contribution in [0.15, 0.2) is 179 Å². The van der Waals surface area contributed by atoms with Crippen LogP contribution in [-0.4, -0.2) is 0 Å². The van der Waals surface area contributed by atoms with Gasteiger partial charge >= 0.3 is 0 Å². The van der Waals surface area contributed by atoms with Crippen LogP contribution in [0.4, 0.5) is 45.5 Å². The smallest absolute Gasteiger partial charge is 0.136 e. The van der Waals surface area contributed by atoms with Crippen molar-refractivity contribution in [1.82, 2.24) is 0 Å². The third kappa shape index (κ3) is 6.43. The predicted molar refractivity (Wildman–Crippen MR) is 262 cm³/mol. The quantitative estimate of drug-likeness (QED) is 0.149. The zero-order valence-corrected chi connectivity index (χ0v) is 35.2. The second kappa shape index (κ2) is 14.5. The number of fused-ring (bicyclic) bond motifs is 8. The summed E-state index contributed by atoms with van der Waals surface area (Å²) in [5, 5.41) is 8.62. The van der Waals surface area contributed by atoms with Gasteiger partial charge in [-0.3, -0.25) is 0 Å². The third-order valence-electron chi connectivity index (χ3n) is 12.4. The van der Waals surface area contributed by atoms with Crippen molar-refractivity contribution in [3.8, 4) is 0 Å². The summed E-state index contributed by atoms with van der Waals surface area (Å²) in [6, 6.07) is 60.1. The minimum atomic E-state index is 0.453. The first-order valence-electron chi connectivity index (χ1n) is 21.3. The molecular formula is C56H46N4O2. The number of hydrogen-bond acceptors (Lipinski definition) is 6. The highest BCUT2D eigenvalue weighted by atomic mass is 16.3. The van der Waals surface area contributed by atoms with E-state index in [0.29, 0.717) is 11.8 Å². The molecule has 0 saturated heterocycles. The van der Waals surface area contributed by atoms with Crippen molar-refractivity contribution in [3.63, 3.8) is 0 Å². The summed E-state index contributed by atoms with van der Waals surface area (Å²) < 4.78 is 13.3. The van der Waals surface area contributed by atoms with Crippen LogP contribution in [0, 0.1) is 0 Å². The summed E-state index contributed by atoms with van der Waals surface area (Å²) in [4.78, 5) is 4.55. The normalized spacial score (nSPS) is 12.0. The fourth-order valence-electron chi connectivity index (χ4n) is 8.94. The molecule has 4 N–H and O–H groups in total. The Bertz CT molecular complexity index is 3240. The van der Waals surface area contributed by atoms with Gasteiger partial charge in [0.25, 0.3) is 0 Å². The van der Waals surface area contributed by atoms with Gasteiger partial charge in [-0.05, 0) is 178 Å². The average Bonchev–Trinajstić information content (AvgIpc) is 3.81. The Morgan fingerprint density at radius 1 is 0.323 bits per heavy atom. The first-order chi connectivity index (χ1) is 30.1. The largest absolute Gasteiger partial charge is 0.456 e. The van der Waals surface area contributed by atoms with E-state index in [1.807, 2.05) is 24.3 Å². The van der Waals surface area contributed by atoms with E-state index < -0.39 is 0 Å². The average molecular weight is 807 g/mol. The van der Waals surface area contributed by atoms with Gasteiger partial charge in [0, 0.05) is 67.0 Å². The van der Waals surface area contributed by atoms with Crippen LogP contribution in [0.25, 0.3) is 65.4 Å². The molecule has 2 heterocycles. The molecule has 11 rings (SSSR count). The van der Waals surface area contributed by atoms with Crippen LogP contribution in [0.2, 0.25) is 0 Å². The first-order valence-corrected chi connectivity index (χ1v) is 21.3. The highest BCUT2D eigenvalue weighted by Gasteiger charge is 2.19. The Labute approximate surface area is 360 Å². The number of nitrogen functional groups attached to an aromatic ring is 2. The van der Waals surface area contributed by atoms with Gasteiger partial charge in [0.15, 0.2) is 0 Å². The molecule has 0 radical (unpaired) electrons. The van der Waals surface area contributed by atoms with E-state index in [1.54, 1.807) is 0 Å². The number of nitrogens with two attached hydrogens (primary N) is 2. The molecule has 0 amide bonds. The highest BCUT2D eigenvalue weighted by Crippen LogP contribution is 2.43. The summed E-state index contributed by atoms with van der Waals surface area (Å²) in [5.41, 5.74) is 26.0. The molecule has 0 aliphatic heterocycles. The Kier molecular flexibility index (Phi) is 8.72. The van der Waals surface area contributed by atoms with Crippen LogP contribution in [0.1, 0.15) is 50.7 Å². The molecule has 302 valence electrons. The van der Waals surface area contributed by atoms with E-state index >= 15 is 0 Å². The van der Waals surface area contributed by atoms with Gasteiger partial charge in [-0.25, -0.2) is 0 Å². The molecule has 0 unspecified atom stereocenters. The van der Waals surface area contributed by atoms with Crippen LogP contribution in [-0.2, 0) is 0 Å². The molecule has 11 aromatic rings. The zero-order valence-electron chi connectivity index (χ0n) is 35.2. The van der Waals surface area contributed by atoms with E-state index in [2.05, 4.69) is 183 Å². The Balaban J connectivity index is 0.981. The minimum Gasteiger partial charge on any atom is -0.456 e. The lowest BCUT2D eigenvalue weighted by Crippen LogP contribution is -2.10. The number of furan rings is 2. The van der Waals surface area contributed by atoms with Gasteiger partial charge in [-0.15, -0.1) is 0 Å². The van der Waals surface area contributed by atoms with E-state index in [-0.39, 0.29) is 0 Å². The van der Waals surface area contributed by atoms with Crippen LogP contribution in [0.5, 0.6) is 0 Å². The summed E-state index contributed by atoms with van der Waals surface area (Å²) >= 11 is 0. The maximum absolute atomic E-state index is 6.66. The third-order valence-corrected chi connectivity index (χ3v) is 12.4. The lowest BCUT2D eigenvalue weighted by atomic mass is 10.0. The molecule has 2 aromatic heterocycles. The molecule has 6 heteroatoms. The molecule has 0 atom stereocenters. The van der Waals surface area contributed by atoms with Gasteiger partial charge in [0.1, 0.15) is 22.3 Å². The molecular weight excluding hydrogens is 761 g/mol. The number of anilines is 8. The van der Waals surface area contributed by atoms with Gasteiger partial charge in [0.2, 0.25) is 0 Å². The molecule has 0 bridgehead atoms. The lowest BCUT2D eigenvalue weighted by Gasteiger charge is -2.26. The van der Waals surface area contributed by atoms with E-state index in [1.165, 1.54) is 11.1 Å². The fraction of sp³-hybridized carbons (Fsp3) is 0.107.